The van der Waals surface area contributed by atoms with Gasteiger partial charge in [0.25, 0.3) is 0 Å². The van der Waals surface area contributed by atoms with Crippen molar-refractivity contribution in [2.45, 2.75) is 25.7 Å². The number of benzene rings is 2. The summed E-state index contributed by atoms with van der Waals surface area (Å²) in [5, 5.41) is 2.73. The largest absolute Gasteiger partial charge is 0.342 e. The zero-order chi connectivity index (χ0) is 16.9. The van der Waals surface area contributed by atoms with E-state index in [1.165, 1.54) is 12.5 Å². The van der Waals surface area contributed by atoms with Crippen LogP contribution in [-0.4, -0.2) is 29.8 Å². The van der Waals surface area contributed by atoms with Crippen LogP contribution in [0.15, 0.2) is 54.6 Å². The molecule has 124 valence electrons. The maximum atomic E-state index is 12.5. The predicted octanol–water partition coefficient (Wildman–Crippen LogP) is 3.20. The number of nitrogens with zero attached hydrogens (tertiary/aromatic N) is 1. The van der Waals surface area contributed by atoms with Crippen molar-refractivity contribution in [3.63, 3.8) is 0 Å². The average Bonchev–Trinajstić information content (AvgIpc) is 3.07. The molecule has 1 heterocycles. The van der Waals surface area contributed by atoms with E-state index in [9.17, 15) is 9.59 Å². The van der Waals surface area contributed by atoms with Crippen molar-refractivity contribution >= 4 is 17.5 Å². The molecule has 2 amide bonds. The zero-order valence-corrected chi connectivity index (χ0v) is 13.9. The number of hydrogen-bond donors (Lipinski definition) is 1. The van der Waals surface area contributed by atoms with Crippen molar-refractivity contribution in [3.8, 4) is 0 Å². The minimum Gasteiger partial charge on any atom is -0.342 e. The molecule has 0 unspecified atom stereocenters. The number of carbonyl (C=O) groups is 2. The Labute approximate surface area is 142 Å². The van der Waals surface area contributed by atoms with Crippen molar-refractivity contribution < 1.29 is 9.59 Å². The Kier molecular flexibility index (Phi) is 4.94. The fourth-order valence-corrected chi connectivity index (χ4v) is 3.18. The Bertz CT molecular complexity index is 710. The van der Waals surface area contributed by atoms with Gasteiger partial charge in [-0.25, -0.2) is 0 Å². The van der Waals surface area contributed by atoms with Crippen LogP contribution >= 0.6 is 0 Å². The summed E-state index contributed by atoms with van der Waals surface area (Å²) in [5.41, 5.74) is 3.04. The Balaban J connectivity index is 1.57. The highest BCUT2D eigenvalue weighted by atomic mass is 16.2. The topological polar surface area (TPSA) is 49.4 Å². The number of hydrogen-bond acceptors (Lipinski definition) is 2. The molecule has 4 nitrogen and oxygen atoms in total. The molecule has 2 aromatic carbocycles. The van der Waals surface area contributed by atoms with Crippen LogP contribution in [-0.2, 0) is 16.0 Å². The van der Waals surface area contributed by atoms with E-state index in [-0.39, 0.29) is 11.8 Å². The van der Waals surface area contributed by atoms with Gasteiger partial charge in [-0.15, -0.1) is 0 Å². The van der Waals surface area contributed by atoms with Crippen molar-refractivity contribution in [1.29, 1.82) is 0 Å². The van der Waals surface area contributed by atoms with E-state index < -0.39 is 0 Å². The molecule has 4 heteroatoms. The van der Waals surface area contributed by atoms with E-state index in [1.54, 1.807) is 0 Å². The molecular formula is C20H22N2O2. The number of rotatable bonds is 4. The minimum absolute atomic E-state index is 0.0946. The summed E-state index contributed by atoms with van der Waals surface area (Å²) in [4.78, 5) is 25.5. The molecule has 0 radical (unpaired) electrons. The van der Waals surface area contributed by atoms with E-state index in [2.05, 4.69) is 29.6 Å². The number of likely N-dealkylation sites (tertiary alicyclic amines) is 1. The SMILES string of the molecule is CC(=O)Nc1ccc(CC(=O)N2CC[C@H](c3ccccc3)C2)cc1. The monoisotopic (exact) mass is 322 g/mol. The molecule has 1 N–H and O–H groups in total. The van der Waals surface area contributed by atoms with Gasteiger partial charge in [0.2, 0.25) is 11.8 Å². The summed E-state index contributed by atoms with van der Waals surface area (Å²) in [7, 11) is 0. The van der Waals surface area contributed by atoms with E-state index in [1.807, 2.05) is 35.2 Å². The van der Waals surface area contributed by atoms with Crippen molar-refractivity contribution in [2.24, 2.45) is 0 Å². The van der Waals surface area contributed by atoms with Gasteiger partial charge in [0.1, 0.15) is 0 Å². The lowest BCUT2D eigenvalue weighted by molar-refractivity contribution is -0.129. The molecule has 3 rings (SSSR count). The first-order chi connectivity index (χ1) is 11.6. The second-order valence-electron chi connectivity index (χ2n) is 6.29. The van der Waals surface area contributed by atoms with E-state index in [0.29, 0.717) is 12.3 Å². The highest BCUT2D eigenvalue weighted by Crippen LogP contribution is 2.27. The molecule has 2 aromatic rings. The van der Waals surface area contributed by atoms with Crippen LogP contribution in [0.1, 0.15) is 30.4 Å². The highest BCUT2D eigenvalue weighted by Gasteiger charge is 2.26. The van der Waals surface area contributed by atoms with Crippen LogP contribution < -0.4 is 5.32 Å². The molecule has 1 fully saturated rings. The molecule has 0 aliphatic carbocycles. The molecule has 1 saturated heterocycles. The minimum atomic E-state index is -0.0946. The molecule has 24 heavy (non-hydrogen) atoms. The van der Waals surface area contributed by atoms with Gasteiger partial charge >= 0.3 is 0 Å². The Morgan fingerprint density at radius 2 is 1.79 bits per heavy atom. The van der Waals surface area contributed by atoms with Gasteiger partial charge in [0.15, 0.2) is 0 Å². The van der Waals surface area contributed by atoms with Gasteiger partial charge < -0.3 is 10.2 Å². The summed E-state index contributed by atoms with van der Waals surface area (Å²) < 4.78 is 0. The molecule has 1 aliphatic rings. The molecule has 0 spiro atoms. The molecule has 0 saturated carbocycles. The van der Waals surface area contributed by atoms with Gasteiger partial charge in [-0.2, -0.15) is 0 Å². The Morgan fingerprint density at radius 1 is 1.08 bits per heavy atom. The highest BCUT2D eigenvalue weighted by molar-refractivity contribution is 5.88. The van der Waals surface area contributed by atoms with Crippen molar-refractivity contribution in [2.75, 3.05) is 18.4 Å². The Morgan fingerprint density at radius 3 is 2.46 bits per heavy atom. The Hall–Kier alpha value is -2.62. The first-order valence-electron chi connectivity index (χ1n) is 8.31. The van der Waals surface area contributed by atoms with E-state index in [0.717, 1.165) is 30.8 Å². The second kappa shape index (κ2) is 7.30. The van der Waals surface area contributed by atoms with Crippen molar-refractivity contribution in [1.82, 2.24) is 4.90 Å². The fourth-order valence-electron chi connectivity index (χ4n) is 3.18. The van der Waals surface area contributed by atoms with Crippen LogP contribution in [0.2, 0.25) is 0 Å². The van der Waals surface area contributed by atoms with E-state index in [4.69, 9.17) is 0 Å². The number of carbonyl (C=O) groups excluding carboxylic acids is 2. The summed E-state index contributed by atoms with van der Waals surface area (Å²) in [5.74, 6) is 0.515. The van der Waals surface area contributed by atoms with Gasteiger partial charge in [-0.3, -0.25) is 9.59 Å². The predicted molar refractivity (Wildman–Crippen MR) is 94.8 cm³/mol. The van der Waals surface area contributed by atoms with Crippen LogP contribution in [0, 0.1) is 0 Å². The molecule has 1 aliphatic heterocycles. The van der Waals surface area contributed by atoms with Crippen LogP contribution in [0.25, 0.3) is 0 Å². The zero-order valence-electron chi connectivity index (χ0n) is 13.9. The third-order valence-electron chi connectivity index (χ3n) is 4.44. The van der Waals surface area contributed by atoms with Gasteiger partial charge in [0, 0.05) is 31.6 Å². The molecular weight excluding hydrogens is 300 g/mol. The number of anilines is 1. The van der Waals surface area contributed by atoms with Crippen molar-refractivity contribution in [3.05, 3.63) is 65.7 Å². The summed E-state index contributed by atoms with van der Waals surface area (Å²) in [6.07, 6.45) is 1.43. The lowest BCUT2D eigenvalue weighted by Crippen LogP contribution is -2.29. The van der Waals surface area contributed by atoms with E-state index >= 15 is 0 Å². The third kappa shape index (κ3) is 4.02. The molecule has 0 bridgehead atoms. The molecule has 0 aromatic heterocycles. The summed E-state index contributed by atoms with van der Waals surface area (Å²) in [6, 6.07) is 17.9. The molecule has 1 atom stereocenters. The number of amides is 2. The second-order valence-corrected chi connectivity index (χ2v) is 6.29. The quantitative estimate of drug-likeness (QED) is 0.940. The lowest BCUT2D eigenvalue weighted by atomic mass is 9.99. The average molecular weight is 322 g/mol. The first-order valence-corrected chi connectivity index (χ1v) is 8.31. The van der Waals surface area contributed by atoms with Gasteiger partial charge in [-0.1, -0.05) is 42.5 Å². The third-order valence-corrected chi connectivity index (χ3v) is 4.44. The maximum absolute atomic E-state index is 12.5. The normalized spacial score (nSPS) is 16.9. The standard InChI is InChI=1S/C20H22N2O2/c1-15(23)21-19-9-7-16(8-10-19)13-20(24)22-12-11-18(14-22)17-5-3-2-4-6-17/h2-10,18H,11-14H2,1H3,(H,21,23)/t18-/m0/s1. The first kappa shape index (κ1) is 16.2. The maximum Gasteiger partial charge on any atom is 0.227 e. The van der Waals surface area contributed by atoms with Gasteiger partial charge in [0.05, 0.1) is 6.42 Å². The van der Waals surface area contributed by atoms with Gasteiger partial charge in [-0.05, 0) is 29.7 Å². The smallest absolute Gasteiger partial charge is 0.227 e. The van der Waals surface area contributed by atoms with Crippen LogP contribution in [0.3, 0.4) is 0 Å². The summed E-state index contributed by atoms with van der Waals surface area (Å²) in [6.45, 7) is 3.10. The number of nitrogens with one attached hydrogen (secondary N) is 1. The van der Waals surface area contributed by atoms with Crippen LogP contribution in [0.4, 0.5) is 5.69 Å². The van der Waals surface area contributed by atoms with Crippen LogP contribution in [0.5, 0.6) is 0 Å². The lowest BCUT2D eigenvalue weighted by Gasteiger charge is -2.17. The fraction of sp³-hybridized carbons (Fsp3) is 0.300. The summed E-state index contributed by atoms with van der Waals surface area (Å²) >= 11 is 0.